The zero-order valence-corrected chi connectivity index (χ0v) is 22.3. The Morgan fingerprint density at radius 3 is 2.49 bits per heavy atom. The summed E-state index contributed by atoms with van der Waals surface area (Å²) in [4.78, 5) is 21.4. The standard InChI is InChI=1S/C29H27ClN2O7/c1-34-8-9-36-25-16-23-26(28-27(25)37-10-11-38-28)29(32-17-31-23)39-24-7-6-19(15-22(24)30)13-20(33)12-18-4-3-5-21(14-18)35-2/h3-7,14-17H,8-13H2,1-2H3. The Morgan fingerprint density at radius 2 is 1.72 bits per heavy atom. The summed E-state index contributed by atoms with van der Waals surface area (Å²) < 4.78 is 34.1. The largest absolute Gasteiger partial charge is 0.497 e. The molecule has 4 aromatic rings. The van der Waals surface area contributed by atoms with Gasteiger partial charge in [-0.1, -0.05) is 29.8 Å². The summed E-state index contributed by atoms with van der Waals surface area (Å²) in [6, 6.07) is 14.5. The maximum atomic E-state index is 12.7. The first-order valence-electron chi connectivity index (χ1n) is 12.4. The lowest BCUT2D eigenvalue weighted by molar-refractivity contribution is -0.117. The molecular weight excluding hydrogens is 524 g/mol. The highest BCUT2D eigenvalue weighted by Gasteiger charge is 2.25. The molecule has 0 atom stereocenters. The molecule has 202 valence electrons. The van der Waals surface area contributed by atoms with E-state index in [-0.39, 0.29) is 18.1 Å². The number of halogens is 1. The van der Waals surface area contributed by atoms with E-state index in [2.05, 4.69) is 9.97 Å². The molecule has 0 radical (unpaired) electrons. The molecule has 0 bridgehead atoms. The van der Waals surface area contributed by atoms with Crippen molar-refractivity contribution >= 4 is 28.3 Å². The molecule has 10 heteroatoms. The molecule has 0 N–H and O–H groups in total. The van der Waals surface area contributed by atoms with Gasteiger partial charge in [0.1, 0.15) is 48.8 Å². The van der Waals surface area contributed by atoms with E-state index >= 15 is 0 Å². The number of hydrogen-bond donors (Lipinski definition) is 0. The quantitative estimate of drug-likeness (QED) is 0.232. The molecule has 39 heavy (non-hydrogen) atoms. The molecule has 0 fully saturated rings. The third-order valence-corrected chi connectivity index (χ3v) is 6.32. The molecule has 0 amide bonds. The second-order valence-corrected chi connectivity index (χ2v) is 9.16. The number of carbonyl (C=O) groups is 1. The summed E-state index contributed by atoms with van der Waals surface area (Å²) in [7, 11) is 3.20. The minimum atomic E-state index is 0.0575. The van der Waals surface area contributed by atoms with Crippen molar-refractivity contribution in [2.24, 2.45) is 0 Å². The Hall–Kier alpha value is -4.08. The number of ether oxygens (including phenoxy) is 6. The van der Waals surface area contributed by atoms with Gasteiger partial charge in [0.2, 0.25) is 11.6 Å². The number of rotatable bonds is 11. The van der Waals surface area contributed by atoms with Crippen LogP contribution in [0.5, 0.6) is 34.6 Å². The number of methoxy groups -OCH3 is 2. The third kappa shape index (κ3) is 6.16. The summed E-state index contributed by atoms with van der Waals surface area (Å²) in [5, 5.41) is 0.888. The Labute approximate surface area is 230 Å². The van der Waals surface area contributed by atoms with E-state index in [4.69, 9.17) is 40.0 Å². The van der Waals surface area contributed by atoms with Gasteiger partial charge in [-0.05, 0) is 35.4 Å². The molecule has 0 spiro atoms. The van der Waals surface area contributed by atoms with E-state index in [1.165, 1.54) is 6.33 Å². The fourth-order valence-electron chi connectivity index (χ4n) is 4.24. The van der Waals surface area contributed by atoms with Crippen molar-refractivity contribution < 1.29 is 33.2 Å². The molecule has 0 unspecified atom stereocenters. The van der Waals surface area contributed by atoms with Crippen LogP contribution in [0.15, 0.2) is 54.9 Å². The second kappa shape index (κ2) is 12.2. The molecular formula is C29H27ClN2O7. The van der Waals surface area contributed by atoms with Crippen LogP contribution in [0.3, 0.4) is 0 Å². The van der Waals surface area contributed by atoms with Crippen molar-refractivity contribution in [3.8, 4) is 34.6 Å². The third-order valence-electron chi connectivity index (χ3n) is 6.03. The van der Waals surface area contributed by atoms with E-state index in [0.717, 1.165) is 16.9 Å². The number of aromatic nitrogens is 2. The summed E-state index contributed by atoms with van der Waals surface area (Å²) in [6.45, 7) is 1.51. The van der Waals surface area contributed by atoms with Gasteiger partial charge in [-0.15, -0.1) is 0 Å². The normalized spacial score (nSPS) is 12.3. The van der Waals surface area contributed by atoms with Crippen LogP contribution in [0.4, 0.5) is 0 Å². The first kappa shape index (κ1) is 26.5. The molecule has 0 saturated carbocycles. The lowest BCUT2D eigenvalue weighted by Crippen LogP contribution is -2.17. The van der Waals surface area contributed by atoms with Crippen LogP contribution >= 0.6 is 11.6 Å². The predicted octanol–water partition coefficient (Wildman–Crippen LogP) is 5.23. The summed E-state index contributed by atoms with van der Waals surface area (Å²) in [6.07, 6.45) is 1.93. The van der Waals surface area contributed by atoms with Gasteiger partial charge in [-0.2, -0.15) is 0 Å². The van der Waals surface area contributed by atoms with Gasteiger partial charge in [0.25, 0.3) is 0 Å². The first-order valence-corrected chi connectivity index (χ1v) is 12.7. The number of ketones is 1. The Balaban J connectivity index is 1.36. The molecule has 0 saturated heterocycles. The maximum Gasteiger partial charge on any atom is 0.234 e. The van der Waals surface area contributed by atoms with Crippen LogP contribution in [0.1, 0.15) is 11.1 Å². The number of fused-ring (bicyclic) bond motifs is 3. The highest BCUT2D eigenvalue weighted by molar-refractivity contribution is 6.32. The topological polar surface area (TPSA) is 98.2 Å². The van der Waals surface area contributed by atoms with E-state index in [1.54, 1.807) is 32.4 Å². The number of hydrogen-bond acceptors (Lipinski definition) is 9. The predicted molar refractivity (Wildman–Crippen MR) is 145 cm³/mol. The number of nitrogens with zero attached hydrogens (tertiary/aromatic N) is 2. The van der Waals surface area contributed by atoms with Gasteiger partial charge in [-0.25, -0.2) is 9.97 Å². The van der Waals surface area contributed by atoms with Crippen LogP contribution in [-0.2, 0) is 22.4 Å². The average Bonchev–Trinajstić information content (AvgIpc) is 2.94. The lowest BCUT2D eigenvalue weighted by atomic mass is 10.0. The van der Waals surface area contributed by atoms with Gasteiger partial charge in [0, 0.05) is 26.0 Å². The van der Waals surface area contributed by atoms with Crippen LogP contribution in [0, 0.1) is 0 Å². The van der Waals surface area contributed by atoms with E-state index in [9.17, 15) is 4.79 Å². The van der Waals surface area contributed by atoms with Crippen molar-refractivity contribution in [1.29, 1.82) is 0 Å². The minimum absolute atomic E-state index is 0.0575. The van der Waals surface area contributed by atoms with Gasteiger partial charge < -0.3 is 28.4 Å². The van der Waals surface area contributed by atoms with Crippen molar-refractivity contribution in [3.05, 3.63) is 71.0 Å². The van der Waals surface area contributed by atoms with Gasteiger partial charge in [0.05, 0.1) is 24.3 Å². The molecule has 2 heterocycles. The van der Waals surface area contributed by atoms with Gasteiger partial charge in [0.15, 0.2) is 11.5 Å². The van der Waals surface area contributed by atoms with Crippen LogP contribution in [0.25, 0.3) is 10.9 Å². The SMILES string of the molecule is COCCOc1cc2ncnc(Oc3ccc(CC(=O)Cc4cccc(OC)c4)cc3Cl)c2c2c1OCCO2. The van der Waals surface area contributed by atoms with Crippen molar-refractivity contribution in [2.75, 3.05) is 40.6 Å². The van der Waals surface area contributed by atoms with Crippen LogP contribution in [0.2, 0.25) is 5.02 Å². The monoisotopic (exact) mass is 550 g/mol. The number of carbonyl (C=O) groups excluding carboxylic acids is 1. The average molecular weight is 551 g/mol. The van der Waals surface area contributed by atoms with Crippen molar-refractivity contribution in [1.82, 2.24) is 9.97 Å². The van der Waals surface area contributed by atoms with Crippen LogP contribution < -0.4 is 23.7 Å². The lowest BCUT2D eigenvalue weighted by Gasteiger charge is -2.23. The Kier molecular flexibility index (Phi) is 8.29. The van der Waals surface area contributed by atoms with E-state index < -0.39 is 0 Å². The van der Waals surface area contributed by atoms with Gasteiger partial charge in [-0.3, -0.25) is 4.79 Å². The molecule has 0 aliphatic carbocycles. The molecule has 1 aliphatic rings. The van der Waals surface area contributed by atoms with Crippen molar-refractivity contribution in [2.45, 2.75) is 12.8 Å². The molecule has 3 aromatic carbocycles. The maximum absolute atomic E-state index is 12.7. The zero-order valence-electron chi connectivity index (χ0n) is 21.6. The summed E-state index contributed by atoms with van der Waals surface area (Å²) >= 11 is 6.57. The number of Topliss-reactive ketones (excluding diaryl/α,β-unsaturated/α-hetero) is 1. The zero-order chi connectivity index (χ0) is 27.2. The molecule has 1 aliphatic heterocycles. The van der Waals surface area contributed by atoms with E-state index in [0.29, 0.717) is 71.8 Å². The molecule has 1 aromatic heterocycles. The Morgan fingerprint density at radius 1 is 0.923 bits per heavy atom. The number of benzene rings is 3. The fraction of sp³-hybridized carbons (Fsp3) is 0.276. The summed E-state index contributed by atoms with van der Waals surface area (Å²) in [5.41, 5.74) is 2.23. The summed E-state index contributed by atoms with van der Waals surface area (Å²) in [5.74, 6) is 2.82. The molecule has 9 nitrogen and oxygen atoms in total. The first-order chi connectivity index (χ1) is 19.1. The van der Waals surface area contributed by atoms with Crippen LogP contribution in [-0.4, -0.2) is 56.4 Å². The van der Waals surface area contributed by atoms with Crippen molar-refractivity contribution in [3.63, 3.8) is 0 Å². The highest BCUT2D eigenvalue weighted by Crippen LogP contribution is 2.48. The Bertz CT molecular complexity index is 1490. The van der Waals surface area contributed by atoms with Gasteiger partial charge >= 0.3 is 0 Å². The molecule has 5 rings (SSSR count). The van der Waals surface area contributed by atoms with E-state index in [1.807, 2.05) is 30.3 Å². The second-order valence-electron chi connectivity index (χ2n) is 8.75. The smallest absolute Gasteiger partial charge is 0.234 e. The minimum Gasteiger partial charge on any atom is -0.497 e. The highest BCUT2D eigenvalue weighted by atomic mass is 35.5. The fourth-order valence-corrected chi connectivity index (χ4v) is 4.48.